The lowest BCUT2D eigenvalue weighted by Crippen LogP contribution is -2.41. The first-order valence-electron chi connectivity index (χ1n) is 10.3. The van der Waals surface area contributed by atoms with Gasteiger partial charge in [-0.2, -0.15) is 5.10 Å². The summed E-state index contributed by atoms with van der Waals surface area (Å²) in [6.07, 6.45) is 1.98. The first-order chi connectivity index (χ1) is 16.1. The highest BCUT2D eigenvalue weighted by molar-refractivity contribution is 6.35. The highest BCUT2D eigenvalue weighted by atomic mass is 35.5. The standard InChI is InChI=1S/C23H26Cl2N4O5/c1-5-14(3)27-22(31)23(32)29-26-11-15-8-18(25)21(19(9-15)33-4)34-12-20(30)28-16-7-6-13(2)17(24)10-16/h6-11,14H,5,12H2,1-4H3,(H,27,31)(H,28,30)(H,29,32)/b26-11-/t14-/m0/s1. The number of hydrogen-bond acceptors (Lipinski definition) is 6. The van der Waals surface area contributed by atoms with E-state index in [0.29, 0.717) is 22.7 Å². The molecule has 0 aromatic heterocycles. The van der Waals surface area contributed by atoms with Crippen molar-refractivity contribution in [3.8, 4) is 11.5 Å². The van der Waals surface area contributed by atoms with Gasteiger partial charge >= 0.3 is 11.8 Å². The fourth-order valence-electron chi connectivity index (χ4n) is 2.57. The first kappa shape index (κ1) is 26.9. The summed E-state index contributed by atoms with van der Waals surface area (Å²) in [5.74, 6) is -1.68. The number of anilines is 1. The number of halogens is 2. The van der Waals surface area contributed by atoms with Crippen molar-refractivity contribution in [3.05, 3.63) is 51.5 Å². The second kappa shape index (κ2) is 12.8. The van der Waals surface area contributed by atoms with Crippen LogP contribution in [0.1, 0.15) is 31.4 Å². The Hall–Kier alpha value is -3.30. The Labute approximate surface area is 207 Å². The van der Waals surface area contributed by atoms with E-state index < -0.39 is 17.7 Å². The zero-order chi connectivity index (χ0) is 25.3. The van der Waals surface area contributed by atoms with E-state index in [-0.39, 0.29) is 29.2 Å². The molecule has 34 heavy (non-hydrogen) atoms. The summed E-state index contributed by atoms with van der Waals surface area (Å²) in [5, 5.41) is 9.68. The molecule has 0 heterocycles. The fraction of sp³-hybridized carbons (Fsp3) is 0.304. The molecule has 0 aliphatic rings. The van der Waals surface area contributed by atoms with Crippen LogP contribution in [0, 0.1) is 6.92 Å². The maximum atomic E-state index is 12.2. The third-order valence-electron chi connectivity index (χ3n) is 4.63. The predicted octanol–water partition coefficient (Wildman–Crippen LogP) is 3.69. The first-order valence-corrected chi connectivity index (χ1v) is 11.1. The van der Waals surface area contributed by atoms with Crippen LogP contribution in [0.2, 0.25) is 10.0 Å². The van der Waals surface area contributed by atoms with Crippen molar-refractivity contribution >= 4 is 52.8 Å². The van der Waals surface area contributed by atoms with Gasteiger partial charge in [-0.25, -0.2) is 5.43 Å². The van der Waals surface area contributed by atoms with Crippen molar-refractivity contribution in [1.82, 2.24) is 10.7 Å². The molecule has 0 aliphatic carbocycles. The number of nitrogens with one attached hydrogen (secondary N) is 3. The van der Waals surface area contributed by atoms with Gasteiger partial charge in [0.1, 0.15) is 0 Å². The Morgan fingerprint density at radius 1 is 1.12 bits per heavy atom. The van der Waals surface area contributed by atoms with E-state index >= 15 is 0 Å². The van der Waals surface area contributed by atoms with Crippen molar-refractivity contribution in [3.63, 3.8) is 0 Å². The number of aryl methyl sites for hydroxylation is 1. The Balaban J connectivity index is 2.00. The molecule has 0 saturated heterocycles. The molecule has 0 saturated carbocycles. The predicted molar refractivity (Wildman–Crippen MR) is 132 cm³/mol. The molecule has 1 atom stereocenters. The molecule has 0 unspecified atom stereocenters. The maximum Gasteiger partial charge on any atom is 0.329 e. The average molecular weight is 509 g/mol. The summed E-state index contributed by atoms with van der Waals surface area (Å²) in [6.45, 7) is 5.21. The number of nitrogens with zero attached hydrogens (tertiary/aromatic N) is 1. The second-order valence-corrected chi connectivity index (χ2v) is 8.13. The summed E-state index contributed by atoms with van der Waals surface area (Å²) in [6, 6.07) is 8.09. The van der Waals surface area contributed by atoms with Gasteiger partial charge in [0, 0.05) is 16.8 Å². The summed E-state index contributed by atoms with van der Waals surface area (Å²) < 4.78 is 10.9. The van der Waals surface area contributed by atoms with Gasteiger partial charge in [0.15, 0.2) is 18.1 Å². The lowest BCUT2D eigenvalue weighted by atomic mass is 10.2. The van der Waals surface area contributed by atoms with Crippen LogP contribution in [0.3, 0.4) is 0 Å². The number of amides is 3. The van der Waals surface area contributed by atoms with Gasteiger partial charge < -0.3 is 20.1 Å². The van der Waals surface area contributed by atoms with Gasteiger partial charge in [-0.05, 0) is 55.7 Å². The Kier molecular flexibility index (Phi) is 10.2. The normalized spacial score (nSPS) is 11.6. The molecular weight excluding hydrogens is 483 g/mol. The summed E-state index contributed by atoms with van der Waals surface area (Å²) in [4.78, 5) is 35.8. The molecule has 182 valence electrons. The Morgan fingerprint density at radius 2 is 1.85 bits per heavy atom. The molecule has 0 fully saturated rings. The lowest BCUT2D eigenvalue weighted by molar-refractivity contribution is -0.139. The highest BCUT2D eigenvalue weighted by Gasteiger charge is 2.16. The number of hydrazone groups is 1. The number of hydrogen-bond donors (Lipinski definition) is 3. The third kappa shape index (κ3) is 7.93. The number of rotatable bonds is 9. The molecule has 0 spiro atoms. The van der Waals surface area contributed by atoms with Gasteiger partial charge in [0.25, 0.3) is 5.91 Å². The summed E-state index contributed by atoms with van der Waals surface area (Å²) in [5.41, 5.74) is 4.04. The molecule has 9 nitrogen and oxygen atoms in total. The SMILES string of the molecule is CC[C@H](C)NC(=O)C(=O)N/N=C\c1cc(Cl)c(OCC(=O)Nc2ccc(C)c(Cl)c2)c(OC)c1. The van der Waals surface area contributed by atoms with Crippen LogP contribution < -0.4 is 25.5 Å². The molecule has 2 aromatic carbocycles. The van der Waals surface area contributed by atoms with Gasteiger partial charge in [-0.15, -0.1) is 0 Å². The van der Waals surface area contributed by atoms with Crippen LogP contribution in [0.25, 0.3) is 0 Å². The van der Waals surface area contributed by atoms with Crippen LogP contribution >= 0.6 is 23.2 Å². The van der Waals surface area contributed by atoms with E-state index in [2.05, 4.69) is 21.2 Å². The van der Waals surface area contributed by atoms with Crippen molar-refractivity contribution in [2.45, 2.75) is 33.2 Å². The highest BCUT2D eigenvalue weighted by Crippen LogP contribution is 2.36. The molecule has 3 amide bonds. The van der Waals surface area contributed by atoms with Crippen LogP contribution in [0.5, 0.6) is 11.5 Å². The number of methoxy groups -OCH3 is 1. The number of carbonyl (C=O) groups excluding carboxylic acids is 3. The van der Waals surface area contributed by atoms with Crippen molar-refractivity contribution in [2.75, 3.05) is 19.0 Å². The molecule has 2 aromatic rings. The van der Waals surface area contributed by atoms with Crippen molar-refractivity contribution in [1.29, 1.82) is 0 Å². The smallest absolute Gasteiger partial charge is 0.329 e. The largest absolute Gasteiger partial charge is 0.493 e. The van der Waals surface area contributed by atoms with E-state index in [1.165, 1.54) is 19.4 Å². The van der Waals surface area contributed by atoms with Crippen molar-refractivity contribution < 1.29 is 23.9 Å². The average Bonchev–Trinajstić information content (AvgIpc) is 2.80. The topological polar surface area (TPSA) is 118 Å². The molecule has 0 radical (unpaired) electrons. The number of benzene rings is 2. The molecular formula is C23H26Cl2N4O5. The second-order valence-electron chi connectivity index (χ2n) is 7.32. The minimum Gasteiger partial charge on any atom is -0.493 e. The van der Waals surface area contributed by atoms with Crippen molar-refractivity contribution in [2.24, 2.45) is 5.10 Å². The summed E-state index contributed by atoms with van der Waals surface area (Å²) in [7, 11) is 1.41. The molecule has 0 aliphatic heterocycles. The van der Waals surface area contributed by atoms with Gasteiger partial charge in [0.05, 0.1) is 18.3 Å². The Bertz CT molecular complexity index is 1090. The Morgan fingerprint density at radius 3 is 2.50 bits per heavy atom. The minimum absolute atomic E-state index is 0.130. The van der Waals surface area contributed by atoms with Gasteiger partial charge in [0.2, 0.25) is 0 Å². The number of carbonyl (C=O) groups is 3. The van der Waals surface area contributed by atoms with Gasteiger partial charge in [-0.3, -0.25) is 14.4 Å². The fourth-order valence-corrected chi connectivity index (χ4v) is 3.02. The quantitative estimate of drug-likeness (QED) is 0.271. The summed E-state index contributed by atoms with van der Waals surface area (Å²) >= 11 is 12.4. The molecule has 3 N–H and O–H groups in total. The molecule has 2 rings (SSSR count). The molecule has 0 bridgehead atoms. The minimum atomic E-state index is -0.893. The number of ether oxygens (including phenoxy) is 2. The molecule has 11 heteroatoms. The lowest BCUT2D eigenvalue weighted by Gasteiger charge is -2.13. The third-order valence-corrected chi connectivity index (χ3v) is 5.32. The monoisotopic (exact) mass is 508 g/mol. The van der Waals surface area contributed by atoms with E-state index in [1.807, 2.05) is 13.8 Å². The zero-order valence-electron chi connectivity index (χ0n) is 19.2. The van der Waals surface area contributed by atoms with Crippen LogP contribution in [0.4, 0.5) is 5.69 Å². The van der Waals surface area contributed by atoms with E-state index in [0.717, 1.165) is 5.56 Å². The van der Waals surface area contributed by atoms with E-state index in [1.54, 1.807) is 31.2 Å². The van der Waals surface area contributed by atoms with E-state index in [9.17, 15) is 14.4 Å². The van der Waals surface area contributed by atoms with E-state index in [4.69, 9.17) is 32.7 Å². The van der Waals surface area contributed by atoms with Crippen LogP contribution in [-0.4, -0.2) is 43.7 Å². The van der Waals surface area contributed by atoms with Crippen LogP contribution in [-0.2, 0) is 14.4 Å². The zero-order valence-corrected chi connectivity index (χ0v) is 20.7. The maximum absolute atomic E-state index is 12.2. The van der Waals surface area contributed by atoms with Crippen LogP contribution in [0.15, 0.2) is 35.4 Å². The van der Waals surface area contributed by atoms with Gasteiger partial charge in [-0.1, -0.05) is 36.2 Å².